The first kappa shape index (κ1) is 24.1. The number of methoxy groups -OCH3 is 1. The Balaban J connectivity index is 1.54. The standard InChI is InChI=1S/C23H22F3N3O4S/c1-32-10-11-33-19-9-6-14(23(24,25)26)12-18(19)27-20(30)13-34-22-28-17-5-3-2-4-16(17)21(31)29(22)15-7-8-15/h2-6,9,12,15H,7-8,10-11,13H2,1H3,(H,27,30). The molecule has 0 radical (unpaired) electrons. The van der Waals surface area contributed by atoms with Gasteiger partial charge in [-0.1, -0.05) is 23.9 Å². The molecule has 1 saturated carbocycles. The van der Waals surface area contributed by atoms with Crippen molar-refractivity contribution in [3.8, 4) is 5.75 Å². The van der Waals surface area contributed by atoms with Crippen LogP contribution in [0.1, 0.15) is 24.4 Å². The number of aromatic nitrogens is 2. The van der Waals surface area contributed by atoms with E-state index in [1.54, 1.807) is 28.8 Å². The highest BCUT2D eigenvalue weighted by Crippen LogP contribution is 2.37. The fraction of sp³-hybridized carbons (Fsp3) is 0.348. The molecular weight excluding hydrogens is 471 g/mol. The number of hydrogen-bond acceptors (Lipinski definition) is 6. The summed E-state index contributed by atoms with van der Waals surface area (Å²) in [5, 5.41) is 3.40. The SMILES string of the molecule is COCCOc1ccc(C(F)(F)F)cc1NC(=O)CSc1nc2ccccc2c(=O)n1C1CC1. The van der Waals surface area contributed by atoms with Gasteiger partial charge in [-0.15, -0.1) is 0 Å². The van der Waals surface area contributed by atoms with E-state index in [2.05, 4.69) is 10.3 Å². The predicted octanol–water partition coefficient (Wildman–Crippen LogP) is 4.51. The van der Waals surface area contributed by atoms with Crippen molar-refractivity contribution >= 4 is 34.3 Å². The van der Waals surface area contributed by atoms with Crippen LogP contribution in [0.25, 0.3) is 10.9 Å². The number of carbonyl (C=O) groups excluding carboxylic acids is 1. The maximum atomic E-state index is 13.2. The number of para-hydroxylation sites is 1. The minimum atomic E-state index is -4.57. The third kappa shape index (κ3) is 5.53. The van der Waals surface area contributed by atoms with Crippen LogP contribution >= 0.6 is 11.8 Å². The Morgan fingerprint density at radius 2 is 1.97 bits per heavy atom. The smallest absolute Gasteiger partial charge is 0.416 e. The highest BCUT2D eigenvalue weighted by atomic mass is 32.2. The van der Waals surface area contributed by atoms with Gasteiger partial charge in [0.2, 0.25) is 5.91 Å². The van der Waals surface area contributed by atoms with Crippen molar-refractivity contribution in [1.29, 1.82) is 0 Å². The molecule has 3 aromatic rings. The number of halogens is 3. The van der Waals surface area contributed by atoms with E-state index in [-0.39, 0.29) is 42.0 Å². The highest BCUT2D eigenvalue weighted by Gasteiger charge is 2.32. The van der Waals surface area contributed by atoms with Gasteiger partial charge in [-0.2, -0.15) is 13.2 Å². The van der Waals surface area contributed by atoms with E-state index in [1.807, 2.05) is 0 Å². The van der Waals surface area contributed by atoms with Gasteiger partial charge in [-0.05, 0) is 43.2 Å². The molecule has 1 fully saturated rings. The fourth-order valence-corrected chi connectivity index (χ4v) is 4.23. The Kier molecular flexibility index (Phi) is 7.13. The minimum absolute atomic E-state index is 0.0411. The lowest BCUT2D eigenvalue weighted by Gasteiger charge is -2.16. The molecule has 1 aromatic heterocycles. The number of carbonyl (C=O) groups is 1. The van der Waals surface area contributed by atoms with Gasteiger partial charge >= 0.3 is 6.18 Å². The van der Waals surface area contributed by atoms with Crippen LogP contribution in [-0.2, 0) is 15.7 Å². The predicted molar refractivity (Wildman–Crippen MR) is 122 cm³/mol. The minimum Gasteiger partial charge on any atom is -0.489 e. The van der Waals surface area contributed by atoms with Crippen molar-refractivity contribution in [3.63, 3.8) is 0 Å². The zero-order valence-electron chi connectivity index (χ0n) is 18.2. The lowest BCUT2D eigenvalue weighted by molar-refractivity contribution is -0.137. The number of thioether (sulfide) groups is 1. The highest BCUT2D eigenvalue weighted by molar-refractivity contribution is 7.99. The molecule has 1 aliphatic carbocycles. The topological polar surface area (TPSA) is 82.5 Å². The fourth-order valence-electron chi connectivity index (χ4n) is 3.36. The van der Waals surface area contributed by atoms with Crippen molar-refractivity contribution in [2.45, 2.75) is 30.2 Å². The van der Waals surface area contributed by atoms with E-state index < -0.39 is 17.6 Å². The Hall–Kier alpha value is -3.05. The number of nitrogens with one attached hydrogen (secondary N) is 1. The summed E-state index contributed by atoms with van der Waals surface area (Å²) in [7, 11) is 1.47. The summed E-state index contributed by atoms with van der Waals surface area (Å²) in [6, 6.07) is 9.91. The van der Waals surface area contributed by atoms with E-state index in [0.717, 1.165) is 42.8 Å². The van der Waals surface area contributed by atoms with Gasteiger partial charge in [0.05, 0.1) is 34.5 Å². The van der Waals surface area contributed by atoms with Gasteiger partial charge in [-0.25, -0.2) is 4.98 Å². The molecular formula is C23H22F3N3O4S. The number of amides is 1. The van der Waals surface area contributed by atoms with Crippen LogP contribution in [0, 0.1) is 0 Å². The van der Waals surface area contributed by atoms with Gasteiger partial charge in [0.25, 0.3) is 5.56 Å². The van der Waals surface area contributed by atoms with E-state index in [0.29, 0.717) is 16.1 Å². The maximum Gasteiger partial charge on any atom is 0.416 e. The molecule has 1 amide bonds. The van der Waals surface area contributed by atoms with Crippen molar-refractivity contribution in [1.82, 2.24) is 9.55 Å². The number of alkyl halides is 3. The molecule has 1 heterocycles. The first-order valence-corrected chi connectivity index (χ1v) is 11.5. The van der Waals surface area contributed by atoms with Gasteiger partial charge in [0.15, 0.2) is 5.16 Å². The second-order valence-corrected chi connectivity index (χ2v) is 8.65. The molecule has 7 nitrogen and oxygen atoms in total. The molecule has 11 heteroatoms. The summed E-state index contributed by atoms with van der Waals surface area (Å²) >= 11 is 1.07. The Morgan fingerprint density at radius 1 is 1.21 bits per heavy atom. The average molecular weight is 494 g/mol. The van der Waals surface area contributed by atoms with Crippen molar-refractivity contribution in [2.24, 2.45) is 0 Å². The van der Waals surface area contributed by atoms with Gasteiger partial charge in [0, 0.05) is 13.2 Å². The molecule has 180 valence electrons. The van der Waals surface area contributed by atoms with E-state index in [4.69, 9.17) is 9.47 Å². The number of ether oxygens (including phenoxy) is 2. The molecule has 0 atom stereocenters. The Morgan fingerprint density at radius 3 is 2.68 bits per heavy atom. The quantitative estimate of drug-likeness (QED) is 0.268. The number of nitrogens with zero attached hydrogens (tertiary/aromatic N) is 2. The lowest BCUT2D eigenvalue weighted by Crippen LogP contribution is -2.23. The summed E-state index contributed by atoms with van der Waals surface area (Å²) in [5.41, 5.74) is -0.641. The Labute approximate surface area is 197 Å². The number of fused-ring (bicyclic) bond motifs is 1. The number of benzene rings is 2. The molecule has 34 heavy (non-hydrogen) atoms. The van der Waals surface area contributed by atoms with Crippen LogP contribution < -0.4 is 15.6 Å². The molecule has 4 rings (SSSR count). The molecule has 1 N–H and O–H groups in total. The van der Waals surface area contributed by atoms with Crippen LogP contribution in [0.4, 0.5) is 18.9 Å². The summed E-state index contributed by atoms with van der Waals surface area (Å²) in [4.78, 5) is 30.2. The zero-order chi connectivity index (χ0) is 24.3. The summed E-state index contributed by atoms with van der Waals surface area (Å²) < 4.78 is 51.5. The van der Waals surface area contributed by atoms with Crippen LogP contribution in [0.3, 0.4) is 0 Å². The van der Waals surface area contributed by atoms with Crippen LogP contribution in [0.15, 0.2) is 52.4 Å². The molecule has 0 spiro atoms. The second kappa shape index (κ2) is 10.1. The first-order chi connectivity index (χ1) is 16.3. The molecule has 0 bridgehead atoms. The normalized spacial score (nSPS) is 13.8. The number of hydrogen-bond donors (Lipinski definition) is 1. The van der Waals surface area contributed by atoms with Crippen LogP contribution in [0.2, 0.25) is 0 Å². The zero-order valence-corrected chi connectivity index (χ0v) is 19.0. The third-order valence-electron chi connectivity index (χ3n) is 5.15. The van der Waals surface area contributed by atoms with E-state index in [1.165, 1.54) is 7.11 Å². The Bertz CT molecular complexity index is 1260. The first-order valence-electron chi connectivity index (χ1n) is 10.5. The molecule has 1 aliphatic rings. The molecule has 0 saturated heterocycles. The average Bonchev–Trinajstić information content (AvgIpc) is 3.63. The van der Waals surface area contributed by atoms with Crippen molar-refractivity contribution in [3.05, 3.63) is 58.4 Å². The number of anilines is 1. The number of rotatable bonds is 9. The van der Waals surface area contributed by atoms with Gasteiger partial charge in [0.1, 0.15) is 12.4 Å². The van der Waals surface area contributed by atoms with Crippen molar-refractivity contribution in [2.75, 3.05) is 31.4 Å². The molecule has 2 aromatic carbocycles. The van der Waals surface area contributed by atoms with Crippen LogP contribution in [-0.4, -0.2) is 41.5 Å². The molecule has 0 unspecified atom stereocenters. The van der Waals surface area contributed by atoms with Crippen molar-refractivity contribution < 1.29 is 27.4 Å². The summed E-state index contributed by atoms with van der Waals surface area (Å²) in [6.45, 7) is 0.338. The van der Waals surface area contributed by atoms with E-state index in [9.17, 15) is 22.8 Å². The second-order valence-electron chi connectivity index (χ2n) is 7.70. The van der Waals surface area contributed by atoms with Crippen LogP contribution in [0.5, 0.6) is 5.75 Å². The summed E-state index contributed by atoms with van der Waals surface area (Å²) in [6.07, 6.45) is -2.87. The maximum absolute atomic E-state index is 13.2. The van der Waals surface area contributed by atoms with E-state index >= 15 is 0 Å². The lowest BCUT2D eigenvalue weighted by atomic mass is 10.1. The molecule has 0 aliphatic heterocycles. The monoisotopic (exact) mass is 493 g/mol. The van der Waals surface area contributed by atoms with Gasteiger partial charge < -0.3 is 14.8 Å². The third-order valence-corrected chi connectivity index (χ3v) is 6.10. The largest absolute Gasteiger partial charge is 0.489 e. The van der Waals surface area contributed by atoms with Gasteiger partial charge in [-0.3, -0.25) is 14.2 Å². The summed E-state index contributed by atoms with van der Waals surface area (Å²) in [5.74, 6) is -0.599.